The number of fused-ring (bicyclic) bond motifs is 1. The van der Waals surface area contributed by atoms with Gasteiger partial charge in [0, 0.05) is 0 Å². The summed E-state index contributed by atoms with van der Waals surface area (Å²) in [5.41, 5.74) is 9.20. The van der Waals surface area contributed by atoms with Gasteiger partial charge in [0.1, 0.15) is 17.4 Å². The molecule has 1 aromatic heterocycles. The fourth-order valence-electron chi connectivity index (χ4n) is 3.59. The highest BCUT2D eigenvalue weighted by Gasteiger charge is 2.36. The van der Waals surface area contributed by atoms with E-state index in [9.17, 15) is 15.2 Å². The van der Waals surface area contributed by atoms with Gasteiger partial charge in [0.25, 0.3) is 0 Å². The SMILES string of the molecule is COc1ccc([C@H]2C(C#N)=C(N)Oc3c2c(C)nn3-c2cccc(C(=O)O)c2)cc1. The van der Waals surface area contributed by atoms with Crippen molar-refractivity contribution >= 4 is 5.97 Å². The van der Waals surface area contributed by atoms with Gasteiger partial charge >= 0.3 is 5.97 Å². The first-order valence-corrected chi connectivity index (χ1v) is 9.09. The van der Waals surface area contributed by atoms with Gasteiger partial charge < -0.3 is 20.3 Å². The van der Waals surface area contributed by atoms with Crippen LogP contribution < -0.4 is 15.2 Å². The zero-order valence-electron chi connectivity index (χ0n) is 16.3. The van der Waals surface area contributed by atoms with E-state index in [2.05, 4.69) is 11.2 Å². The normalized spacial score (nSPS) is 15.2. The number of benzene rings is 2. The summed E-state index contributed by atoms with van der Waals surface area (Å²) in [6.45, 7) is 1.81. The first-order valence-electron chi connectivity index (χ1n) is 9.09. The molecule has 0 fully saturated rings. The van der Waals surface area contributed by atoms with Crippen LogP contribution in [0.5, 0.6) is 11.6 Å². The number of aryl methyl sites for hydroxylation is 1. The number of rotatable bonds is 4. The van der Waals surface area contributed by atoms with Gasteiger partial charge in [-0.2, -0.15) is 10.4 Å². The van der Waals surface area contributed by atoms with E-state index in [1.807, 2.05) is 31.2 Å². The second kappa shape index (κ2) is 7.29. The summed E-state index contributed by atoms with van der Waals surface area (Å²) in [6.07, 6.45) is 0. The maximum Gasteiger partial charge on any atom is 0.335 e. The summed E-state index contributed by atoms with van der Waals surface area (Å²) >= 11 is 0. The van der Waals surface area contributed by atoms with Crippen LogP contribution in [0.25, 0.3) is 5.69 Å². The Balaban J connectivity index is 1.91. The molecule has 8 heteroatoms. The van der Waals surface area contributed by atoms with Gasteiger partial charge in [-0.05, 0) is 42.8 Å². The van der Waals surface area contributed by atoms with E-state index in [-0.39, 0.29) is 17.0 Å². The van der Waals surface area contributed by atoms with E-state index in [0.717, 1.165) is 5.56 Å². The minimum Gasteiger partial charge on any atom is -0.497 e. The molecule has 0 spiro atoms. The van der Waals surface area contributed by atoms with Crippen LogP contribution in [-0.4, -0.2) is 28.0 Å². The van der Waals surface area contributed by atoms with Crippen molar-refractivity contribution in [3.8, 4) is 23.4 Å². The highest BCUT2D eigenvalue weighted by molar-refractivity contribution is 5.88. The molecule has 0 saturated carbocycles. The molecule has 0 bridgehead atoms. The minimum absolute atomic E-state index is 0.0126. The molecule has 1 atom stereocenters. The van der Waals surface area contributed by atoms with E-state index >= 15 is 0 Å². The molecule has 30 heavy (non-hydrogen) atoms. The molecule has 0 unspecified atom stereocenters. The van der Waals surface area contributed by atoms with Crippen molar-refractivity contribution in [3.05, 3.63) is 82.4 Å². The Morgan fingerprint density at radius 1 is 1.30 bits per heavy atom. The first-order chi connectivity index (χ1) is 14.4. The summed E-state index contributed by atoms with van der Waals surface area (Å²) in [5, 5.41) is 23.6. The number of nitrogens with two attached hydrogens (primary N) is 1. The maximum absolute atomic E-state index is 11.4. The Hall–Kier alpha value is -4.25. The fraction of sp³-hybridized carbons (Fsp3) is 0.136. The highest BCUT2D eigenvalue weighted by Crippen LogP contribution is 2.44. The van der Waals surface area contributed by atoms with Crippen LogP contribution in [0.15, 0.2) is 60.0 Å². The number of methoxy groups -OCH3 is 1. The Labute approximate surface area is 172 Å². The predicted octanol–water partition coefficient (Wildman–Crippen LogP) is 3.11. The van der Waals surface area contributed by atoms with E-state index < -0.39 is 11.9 Å². The van der Waals surface area contributed by atoms with Crippen LogP contribution in [-0.2, 0) is 0 Å². The largest absolute Gasteiger partial charge is 0.497 e. The third-order valence-corrected chi connectivity index (χ3v) is 5.02. The second-order valence-electron chi connectivity index (χ2n) is 6.77. The zero-order chi connectivity index (χ0) is 21.4. The number of carbonyl (C=O) groups is 1. The molecule has 4 rings (SSSR count). The number of aromatic carboxylic acids is 1. The Morgan fingerprint density at radius 3 is 2.67 bits per heavy atom. The van der Waals surface area contributed by atoms with Crippen LogP contribution in [0.1, 0.15) is 33.1 Å². The van der Waals surface area contributed by atoms with E-state index in [1.165, 1.54) is 16.8 Å². The number of carboxylic acid groups (broad SMARTS) is 1. The maximum atomic E-state index is 11.4. The van der Waals surface area contributed by atoms with E-state index in [4.69, 9.17) is 15.2 Å². The summed E-state index contributed by atoms with van der Waals surface area (Å²) in [4.78, 5) is 11.4. The smallest absolute Gasteiger partial charge is 0.335 e. The number of hydrogen-bond donors (Lipinski definition) is 2. The Kier molecular flexibility index (Phi) is 4.64. The van der Waals surface area contributed by atoms with Crippen LogP contribution in [0.3, 0.4) is 0 Å². The lowest BCUT2D eigenvalue weighted by atomic mass is 9.84. The van der Waals surface area contributed by atoms with Crippen LogP contribution >= 0.6 is 0 Å². The van der Waals surface area contributed by atoms with E-state index in [0.29, 0.717) is 28.6 Å². The molecule has 1 aliphatic heterocycles. The number of aromatic nitrogens is 2. The lowest BCUT2D eigenvalue weighted by Gasteiger charge is -2.25. The van der Waals surface area contributed by atoms with Crippen LogP contribution in [0.4, 0.5) is 0 Å². The number of carboxylic acids is 1. The third kappa shape index (κ3) is 3.02. The molecule has 3 aromatic rings. The molecular weight excluding hydrogens is 384 g/mol. The lowest BCUT2D eigenvalue weighted by Crippen LogP contribution is -2.22. The minimum atomic E-state index is -1.04. The third-order valence-electron chi connectivity index (χ3n) is 5.02. The van der Waals surface area contributed by atoms with E-state index in [1.54, 1.807) is 19.2 Å². The number of hydrogen-bond acceptors (Lipinski definition) is 6. The zero-order valence-corrected chi connectivity index (χ0v) is 16.3. The molecule has 0 saturated heterocycles. The quantitative estimate of drug-likeness (QED) is 0.687. The lowest BCUT2D eigenvalue weighted by molar-refractivity contribution is 0.0697. The molecule has 2 aromatic carbocycles. The molecule has 0 amide bonds. The second-order valence-corrected chi connectivity index (χ2v) is 6.77. The van der Waals surface area contributed by atoms with Crippen LogP contribution in [0.2, 0.25) is 0 Å². The monoisotopic (exact) mass is 402 g/mol. The fourth-order valence-corrected chi connectivity index (χ4v) is 3.59. The summed E-state index contributed by atoms with van der Waals surface area (Å²) in [7, 11) is 1.58. The number of ether oxygens (including phenoxy) is 2. The van der Waals surface area contributed by atoms with Crippen molar-refractivity contribution < 1.29 is 19.4 Å². The molecular formula is C22H18N4O4. The predicted molar refractivity (Wildman–Crippen MR) is 108 cm³/mol. The molecule has 0 radical (unpaired) electrons. The number of nitrogens with zero attached hydrogens (tertiary/aromatic N) is 3. The number of nitriles is 1. The summed E-state index contributed by atoms with van der Waals surface area (Å²) < 4.78 is 12.5. The van der Waals surface area contributed by atoms with Gasteiger partial charge in [-0.1, -0.05) is 18.2 Å². The topological polar surface area (TPSA) is 123 Å². The molecule has 150 valence electrons. The summed E-state index contributed by atoms with van der Waals surface area (Å²) in [5.74, 6) is -0.480. The van der Waals surface area contributed by atoms with Gasteiger partial charge in [-0.3, -0.25) is 0 Å². The Bertz CT molecular complexity index is 1220. The first kappa shape index (κ1) is 19.1. The Morgan fingerprint density at radius 2 is 2.03 bits per heavy atom. The summed E-state index contributed by atoms with van der Waals surface area (Å²) in [6, 6.07) is 15.9. The molecule has 0 aliphatic carbocycles. The average Bonchev–Trinajstić information content (AvgIpc) is 3.08. The van der Waals surface area contributed by atoms with Crippen LogP contribution in [0, 0.1) is 18.3 Å². The van der Waals surface area contributed by atoms with Crippen molar-refractivity contribution in [1.29, 1.82) is 5.26 Å². The molecule has 2 heterocycles. The van der Waals surface area contributed by atoms with Crippen molar-refractivity contribution in [2.45, 2.75) is 12.8 Å². The van der Waals surface area contributed by atoms with Crippen molar-refractivity contribution in [1.82, 2.24) is 9.78 Å². The number of allylic oxidation sites excluding steroid dienone is 1. The molecule has 8 nitrogen and oxygen atoms in total. The average molecular weight is 402 g/mol. The van der Waals surface area contributed by atoms with Gasteiger partial charge in [0.05, 0.1) is 35.5 Å². The van der Waals surface area contributed by atoms with Gasteiger partial charge in [-0.15, -0.1) is 0 Å². The van der Waals surface area contributed by atoms with Crippen molar-refractivity contribution in [2.75, 3.05) is 7.11 Å². The van der Waals surface area contributed by atoms with Gasteiger partial charge in [0.15, 0.2) is 0 Å². The highest BCUT2D eigenvalue weighted by atomic mass is 16.5. The molecule has 3 N–H and O–H groups in total. The van der Waals surface area contributed by atoms with Gasteiger partial charge in [-0.25, -0.2) is 9.48 Å². The van der Waals surface area contributed by atoms with Crippen molar-refractivity contribution in [2.24, 2.45) is 5.73 Å². The standard InChI is InChI=1S/C22H18N4O4/c1-12-18-19(13-6-8-16(29-2)9-7-13)17(11-23)20(24)30-21(18)26(25-12)15-5-3-4-14(10-15)22(27)28/h3-10,19H,24H2,1-2H3,(H,27,28)/t19-/m0/s1. The van der Waals surface area contributed by atoms with Crippen molar-refractivity contribution in [3.63, 3.8) is 0 Å². The molecule has 1 aliphatic rings. The van der Waals surface area contributed by atoms with Gasteiger partial charge in [0.2, 0.25) is 11.8 Å².